The topological polar surface area (TPSA) is 64.9 Å². The van der Waals surface area contributed by atoms with Gasteiger partial charge in [-0.2, -0.15) is 5.10 Å². The number of rotatable bonds is 6. The maximum atomic E-state index is 5.19. The molecule has 0 aliphatic carbocycles. The lowest BCUT2D eigenvalue weighted by atomic mass is 10.1. The number of hydrogen-bond donors (Lipinski definition) is 1. The van der Waals surface area contributed by atoms with Crippen molar-refractivity contribution in [3.8, 4) is 11.3 Å². The quantitative estimate of drug-likeness (QED) is 0.874. The van der Waals surface area contributed by atoms with Crippen molar-refractivity contribution >= 4 is 5.82 Å². The first kappa shape index (κ1) is 14.5. The van der Waals surface area contributed by atoms with Gasteiger partial charge in [-0.05, 0) is 6.92 Å². The molecule has 0 aliphatic rings. The fourth-order valence-corrected chi connectivity index (χ4v) is 1.98. The molecule has 1 atom stereocenters. The molecule has 1 unspecified atom stereocenters. The van der Waals surface area contributed by atoms with Crippen molar-refractivity contribution < 1.29 is 4.74 Å². The summed E-state index contributed by atoms with van der Waals surface area (Å²) in [5.74, 6) is 1.76. The zero-order valence-electron chi connectivity index (χ0n) is 12.4. The van der Waals surface area contributed by atoms with Gasteiger partial charge in [0, 0.05) is 44.4 Å². The molecule has 0 bridgehead atoms. The van der Waals surface area contributed by atoms with Crippen molar-refractivity contribution in [3.05, 3.63) is 24.3 Å². The number of methoxy groups -OCH3 is 1. The summed E-state index contributed by atoms with van der Waals surface area (Å²) in [4.78, 5) is 9.18. The molecule has 0 saturated heterocycles. The van der Waals surface area contributed by atoms with Crippen LogP contribution in [0.15, 0.2) is 18.5 Å². The van der Waals surface area contributed by atoms with Gasteiger partial charge in [-0.15, -0.1) is 0 Å². The largest absolute Gasteiger partial charge is 0.384 e. The molecule has 108 valence electrons. The lowest BCUT2D eigenvalue weighted by Crippen LogP contribution is -2.10. The van der Waals surface area contributed by atoms with Crippen LogP contribution in [0.3, 0.4) is 0 Å². The van der Waals surface area contributed by atoms with Gasteiger partial charge in [0.15, 0.2) is 0 Å². The molecular formula is C14H21N5O. The summed E-state index contributed by atoms with van der Waals surface area (Å²) in [7, 11) is 3.58. The molecular weight excluding hydrogens is 254 g/mol. The summed E-state index contributed by atoms with van der Waals surface area (Å²) in [6, 6.07) is 1.95. The lowest BCUT2D eigenvalue weighted by Gasteiger charge is -2.12. The van der Waals surface area contributed by atoms with E-state index in [4.69, 9.17) is 4.74 Å². The number of nitrogens with zero attached hydrogens (tertiary/aromatic N) is 4. The molecule has 2 heterocycles. The molecule has 2 aromatic rings. The Morgan fingerprint density at radius 1 is 1.40 bits per heavy atom. The minimum atomic E-state index is 0.147. The van der Waals surface area contributed by atoms with Crippen molar-refractivity contribution in [2.45, 2.75) is 19.8 Å². The molecule has 0 aliphatic heterocycles. The van der Waals surface area contributed by atoms with Gasteiger partial charge in [0.25, 0.3) is 0 Å². The zero-order valence-corrected chi connectivity index (χ0v) is 12.4. The number of nitrogens with one attached hydrogen (secondary N) is 1. The summed E-state index contributed by atoms with van der Waals surface area (Å²) in [5.41, 5.74) is 1.86. The van der Waals surface area contributed by atoms with Crippen LogP contribution in [-0.4, -0.2) is 40.0 Å². The smallest absolute Gasteiger partial charge is 0.136 e. The minimum absolute atomic E-state index is 0.147. The van der Waals surface area contributed by atoms with Crippen molar-refractivity contribution in [2.75, 3.05) is 25.6 Å². The standard InChI is InChI=1S/C14H21N5O/c1-5-15-13-6-12(11-7-16-19(3)8-11)17-14(18-13)10(2)9-20-4/h6-8,10H,5,9H2,1-4H3,(H,15,17,18). The van der Waals surface area contributed by atoms with Crippen LogP contribution in [-0.2, 0) is 11.8 Å². The summed E-state index contributed by atoms with van der Waals surface area (Å²) in [5, 5.41) is 7.43. The third kappa shape index (κ3) is 3.33. The highest BCUT2D eigenvalue weighted by molar-refractivity contribution is 5.61. The summed E-state index contributed by atoms with van der Waals surface area (Å²) >= 11 is 0. The second-order valence-corrected chi connectivity index (χ2v) is 4.79. The third-order valence-electron chi connectivity index (χ3n) is 2.96. The molecule has 0 spiro atoms. The number of ether oxygens (including phenoxy) is 1. The van der Waals surface area contributed by atoms with Crippen molar-refractivity contribution in [1.82, 2.24) is 19.7 Å². The van der Waals surface area contributed by atoms with Crippen LogP contribution in [0.2, 0.25) is 0 Å². The van der Waals surface area contributed by atoms with Crippen LogP contribution in [0.1, 0.15) is 25.6 Å². The van der Waals surface area contributed by atoms with E-state index in [0.717, 1.165) is 29.4 Å². The van der Waals surface area contributed by atoms with Gasteiger partial charge in [-0.3, -0.25) is 4.68 Å². The minimum Gasteiger partial charge on any atom is -0.384 e. The molecule has 0 fully saturated rings. The average molecular weight is 275 g/mol. The van der Waals surface area contributed by atoms with E-state index in [-0.39, 0.29) is 5.92 Å². The molecule has 20 heavy (non-hydrogen) atoms. The first-order chi connectivity index (χ1) is 9.63. The summed E-state index contributed by atoms with van der Waals surface area (Å²) in [6.45, 7) is 5.52. The molecule has 0 aromatic carbocycles. The van der Waals surface area contributed by atoms with Gasteiger partial charge in [-0.25, -0.2) is 9.97 Å². The monoisotopic (exact) mass is 275 g/mol. The number of aryl methyl sites for hydroxylation is 1. The molecule has 6 heteroatoms. The molecule has 6 nitrogen and oxygen atoms in total. The van der Waals surface area contributed by atoms with Gasteiger partial charge in [0.1, 0.15) is 11.6 Å². The fraction of sp³-hybridized carbons (Fsp3) is 0.500. The van der Waals surface area contributed by atoms with E-state index in [1.54, 1.807) is 11.8 Å². The van der Waals surface area contributed by atoms with E-state index in [0.29, 0.717) is 6.61 Å². The molecule has 2 aromatic heterocycles. The second-order valence-electron chi connectivity index (χ2n) is 4.79. The van der Waals surface area contributed by atoms with Crippen LogP contribution in [0.5, 0.6) is 0 Å². The van der Waals surface area contributed by atoms with Gasteiger partial charge >= 0.3 is 0 Å². The van der Waals surface area contributed by atoms with E-state index in [9.17, 15) is 0 Å². The van der Waals surface area contributed by atoms with Crippen molar-refractivity contribution in [2.24, 2.45) is 7.05 Å². The van der Waals surface area contributed by atoms with Gasteiger partial charge in [0.05, 0.1) is 18.5 Å². The van der Waals surface area contributed by atoms with E-state index in [1.807, 2.05) is 32.4 Å². The number of aromatic nitrogens is 4. The Kier molecular flexibility index (Phi) is 4.68. The highest BCUT2D eigenvalue weighted by atomic mass is 16.5. The molecule has 2 rings (SSSR count). The third-order valence-corrected chi connectivity index (χ3v) is 2.96. The van der Waals surface area contributed by atoms with E-state index >= 15 is 0 Å². The first-order valence-corrected chi connectivity index (χ1v) is 6.74. The number of hydrogen-bond acceptors (Lipinski definition) is 5. The van der Waals surface area contributed by atoms with E-state index < -0.39 is 0 Å². The van der Waals surface area contributed by atoms with Crippen LogP contribution in [0, 0.1) is 0 Å². The maximum absolute atomic E-state index is 5.19. The van der Waals surface area contributed by atoms with Crippen LogP contribution < -0.4 is 5.32 Å². The number of anilines is 1. The van der Waals surface area contributed by atoms with Crippen LogP contribution >= 0.6 is 0 Å². The van der Waals surface area contributed by atoms with Gasteiger partial charge in [0.2, 0.25) is 0 Å². The Bertz CT molecular complexity index is 566. The van der Waals surface area contributed by atoms with Crippen LogP contribution in [0.25, 0.3) is 11.3 Å². The second kappa shape index (κ2) is 6.47. The van der Waals surface area contributed by atoms with Crippen LogP contribution in [0.4, 0.5) is 5.82 Å². The molecule has 0 saturated carbocycles. The predicted molar refractivity (Wildman–Crippen MR) is 78.7 cm³/mol. The first-order valence-electron chi connectivity index (χ1n) is 6.74. The highest BCUT2D eigenvalue weighted by Crippen LogP contribution is 2.22. The van der Waals surface area contributed by atoms with Gasteiger partial charge < -0.3 is 10.1 Å². The Morgan fingerprint density at radius 2 is 2.20 bits per heavy atom. The Labute approximate surface area is 119 Å². The van der Waals surface area contributed by atoms with Crippen molar-refractivity contribution in [3.63, 3.8) is 0 Å². The highest BCUT2D eigenvalue weighted by Gasteiger charge is 2.13. The summed E-state index contributed by atoms with van der Waals surface area (Å²) in [6.07, 6.45) is 3.76. The lowest BCUT2D eigenvalue weighted by molar-refractivity contribution is 0.181. The van der Waals surface area contributed by atoms with E-state index in [2.05, 4.69) is 27.3 Å². The van der Waals surface area contributed by atoms with Gasteiger partial charge in [-0.1, -0.05) is 6.92 Å². The maximum Gasteiger partial charge on any atom is 0.136 e. The Balaban J connectivity index is 2.40. The van der Waals surface area contributed by atoms with E-state index in [1.165, 1.54) is 0 Å². The Morgan fingerprint density at radius 3 is 2.80 bits per heavy atom. The SMILES string of the molecule is CCNc1cc(-c2cnn(C)c2)nc(C(C)COC)n1. The normalized spacial score (nSPS) is 12.4. The fourth-order valence-electron chi connectivity index (χ4n) is 1.98. The molecule has 0 radical (unpaired) electrons. The molecule has 0 amide bonds. The average Bonchev–Trinajstić information content (AvgIpc) is 2.86. The van der Waals surface area contributed by atoms with Crippen molar-refractivity contribution in [1.29, 1.82) is 0 Å². The Hall–Kier alpha value is -1.95. The molecule has 1 N–H and O–H groups in total. The zero-order chi connectivity index (χ0) is 14.5. The summed E-state index contributed by atoms with van der Waals surface area (Å²) < 4.78 is 6.96. The predicted octanol–water partition coefficient (Wildman–Crippen LogP) is 2.06.